The predicted octanol–water partition coefficient (Wildman–Crippen LogP) is 2.46. The van der Waals surface area contributed by atoms with Gasteiger partial charge in [0.15, 0.2) is 0 Å². The number of hydrogen-bond acceptors (Lipinski definition) is 4. The molecule has 2 amide bonds. The van der Waals surface area contributed by atoms with E-state index in [1.165, 1.54) is 18.2 Å². The summed E-state index contributed by atoms with van der Waals surface area (Å²) >= 11 is 0. The standard InChI is InChI=1S/C21H25F2N3O4S/c1-4-26(5-2)31(29,30)19-13-16(8-9-17(19)22)21(28)25-11-10-24-20(27)15-7-6-14(3)18(23)12-15/h6-9,12-13H,4-5,10-11H2,1-3H3,(H,24,27)(H,25,28). The summed E-state index contributed by atoms with van der Waals surface area (Å²) in [7, 11) is -4.07. The molecule has 0 aliphatic heterocycles. The minimum Gasteiger partial charge on any atom is -0.350 e. The number of nitrogens with one attached hydrogen (secondary N) is 2. The molecule has 0 saturated carbocycles. The molecule has 0 aromatic heterocycles. The molecule has 10 heteroatoms. The highest BCUT2D eigenvalue weighted by molar-refractivity contribution is 7.89. The van der Waals surface area contributed by atoms with Crippen molar-refractivity contribution in [3.05, 3.63) is 64.7 Å². The van der Waals surface area contributed by atoms with Crippen LogP contribution in [0.4, 0.5) is 8.78 Å². The summed E-state index contributed by atoms with van der Waals surface area (Å²) in [6.07, 6.45) is 0. The van der Waals surface area contributed by atoms with E-state index in [9.17, 15) is 26.8 Å². The maximum atomic E-state index is 14.2. The van der Waals surface area contributed by atoms with Gasteiger partial charge in [-0.15, -0.1) is 0 Å². The largest absolute Gasteiger partial charge is 0.350 e. The van der Waals surface area contributed by atoms with Crippen LogP contribution in [0.5, 0.6) is 0 Å². The van der Waals surface area contributed by atoms with Gasteiger partial charge in [-0.3, -0.25) is 9.59 Å². The Morgan fingerprint density at radius 1 is 0.871 bits per heavy atom. The van der Waals surface area contributed by atoms with Crippen molar-refractivity contribution in [2.24, 2.45) is 0 Å². The number of amides is 2. The van der Waals surface area contributed by atoms with Gasteiger partial charge in [0.1, 0.15) is 16.5 Å². The monoisotopic (exact) mass is 453 g/mol. The first-order valence-electron chi connectivity index (χ1n) is 9.74. The van der Waals surface area contributed by atoms with Crippen LogP contribution in [-0.2, 0) is 10.0 Å². The lowest BCUT2D eigenvalue weighted by Crippen LogP contribution is -2.35. The molecule has 0 unspecified atom stereocenters. The van der Waals surface area contributed by atoms with Crippen LogP contribution < -0.4 is 10.6 Å². The Hall–Kier alpha value is -2.85. The van der Waals surface area contributed by atoms with Gasteiger partial charge in [0.2, 0.25) is 10.0 Å². The molecule has 0 radical (unpaired) electrons. The highest BCUT2D eigenvalue weighted by Gasteiger charge is 2.26. The van der Waals surface area contributed by atoms with Gasteiger partial charge in [0.05, 0.1) is 0 Å². The molecule has 2 N–H and O–H groups in total. The molecule has 0 aliphatic carbocycles. The summed E-state index contributed by atoms with van der Waals surface area (Å²) in [4.78, 5) is 23.8. The summed E-state index contributed by atoms with van der Waals surface area (Å²) < 4.78 is 54.0. The Bertz CT molecular complexity index is 1070. The third kappa shape index (κ3) is 5.86. The molecule has 2 rings (SSSR count). The molecule has 0 bridgehead atoms. The van der Waals surface area contributed by atoms with E-state index in [-0.39, 0.29) is 37.3 Å². The number of nitrogens with zero attached hydrogens (tertiary/aromatic N) is 1. The summed E-state index contributed by atoms with van der Waals surface area (Å²) in [5, 5.41) is 5.07. The van der Waals surface area contributed by atoms with Gasteiger partial charge in [-0.25, -0.2) is 17.2 Å². The Balaban J connectivity index is 2.00. The van der Waals surface area contributed by atoms with E-state index >= 15 is 0 Å². The lowest BCUT2D eigenvalue weighted by atomic mass is 10.1. The number of carbonyl (C=O) groups is 2. The van der Waals surface area contributed by atoms with Crippen LogP contribution in [0.25, 0.3) is 0 Å². The number of rotatable bonds is 9. The van der Waals surface area contributed by atoms with Gasteiger partial charge < -0.3 is 10.6 Å². The van der Waals surface area contributed by atoms with Crippen molar-refractivity contribution >= 4 is 21.8 Å². The topological polar surface area (TPSA) is 95.6 Å². The lowest BCUT2D eigenvalue weighted by Gasteiger charge is -2.19. The third-order valence-electron chi connectivity index (χ3n) is 4.65. The van der Waals surface area contributed by atoms with Gasteiger partial charge in [-0.2, -0.15) is 4.31 Å². The van der Waals surface area contributed by atoms with Crippen molar-refractivity contribution in [1.82, 2.24) is 14.9 Å². The van der Waals surface area contributed by atoms with Crippen molar-refractivity contribution in [3.8, 4) is 0 Å². The summed E-state index contributed by atoms with van der Waals surface area (Å²) in [5.74, 6) is -2.55. The van der Waals surface area contributed by atoms with Crippen LogP contribution >= 0.6 is 0 Å². The molecular weight excluding hydrogens is 428 g/mol. The molecule has 7 nitrogen and oxygen atoms in total. The first-order chi connectivity index (χ1) is 14.6. The zero-order chi connectivity index (χ0) is 23.2. The third-order valence-corrected chi connectivity index (χ3v) is 6.71. The SMILES string of the molecule is CCN(CC)S(=O)(=O)c1cc(C(=O)NCCNC(=O)c2ccc(C)c(F)c2)ccc1F. The fourth-order valence-corrected chi connectivity index (χ4v) is 4.38. The van der Waals surface area contributed by atoms with Gasteiger partial charge in [0, 0.05) is 37.3 Å². The quantitative estimate of drug-likeness (QED) is 0.570. The Kier molecular flexibility index (Phi) is 8.23. The first-order valence-corrected chi connectivity index (χ1v) is 11.2. The highest BCUT2D eigenvalue weighted by atomic mass is 32.2. The first kappa shape index (κ1) is 24.4. The normalized spacial score (nSPS) is 11.4. The zero-order valence-electron chi connectivity index (χ0n) is 17.5. The fraction of sp³-hybridized carbons (Fsp3) is 0.333. The van der Waals surface area contributed by atoms with Crippen LogP contribution in [-0.4, -0.2) is 50.7 Å². The Morgan fingerprint density at radius 2 is 1.39 bits per heavy atom. The molecule has 0 fully saturated rings. The van der Waals surface area contributed by atoms with Gasteiger partial charge >= 0.3 is 0 Å². The van der Waals surface area contributed by atoms with Crippen LogP contribution in [0.1, 0.15) is 40.1 Å². The van der Waals surface area contributed by atoms with E-state index in [1.807, 2.05) is 0 Å². The minimum absolute atomic E-state index is 0.0286. The number of aryl methyl sites for hydroxylation is 1. The van der Waals surface area contributed by atoms with E-state index in [4.69, 9.17) is 0 Å². The molecule has 31 heavy (non-hydrogen) atoms. The van der Waals surface area contributed by atoms with E-state index in [0.29, 0.717) is 5.56 Å². The molecular formula is C21H25F2N3O4S. The van der Waals surface area contributed by atoms with E-state index < -0.39 is 38.4 Å². The van der Waals surface area contributed by atoms with Crippen LogP contribution in [0, 0.1) is 18.6 Å². The van der Waals surface area contributed by atoms with E-state index in [1.54, 1.807) is 20.8 Å². The molecule has 2 aromatic rings. The highest BCUT2D eigenvalue weighted by Crippen LogP contribution is 2.20. The second-order valence-corrected chi connectivity index (χ2v) is 8.62. The molecule has 0 heterocycles. The van der Waals surface area contributed by atoms with Gasteiger partial charge in [-0.1, -0.05) is 19.9 Å². The second-order valence-electron chi connectivity index (χ2n) is 6.71. The van der Waals surface area contributed by atoms with Crippen LogP contribution in [0.3, 0.4) is 0 Å². The fourth-order valence-electron chi connectivity index (χ4n) is 2.84. The molecule has 2 aromatic carbocycles. The number of sulfonamides is 1. The molecule has 0 atom stereocenters. The summed E-state index contributed by atoms with van der Waals surface area (Å²) in [6, 6.07) is 7.21. The van der Waals surface area contributed by atoms with Crippen molar-refractivity contribution in [2.45, 2.75) is 25.7 Å². The van der Waals surface area contributed by atoms with Crippen LogP contribution in [0.15, 0.2) is 41.3 Å². The number of benzene rings is 2. The average molecular weight is 454 g/mol. The van der Waals surface area contributed by atoms with Gasteiger partial charge in [0.25, 0.3) is 11.8 Å². The molecule has 168 valence electrons. The van der Waals surface area contributed by atoms with Crippen molar-refractivity contribution in [3.63, 3.8) is 0 Å². The van der Waals surface area contributed by atoms with E-state index in [0.717, 1.165) is 22.5 Å². The van der Waals surface area contributed by atoms with Gasteiger partial charge in [-0.05, 0) is 42.8 Å². The maximum absolute atomic E-state index is 14.2. The number of hydrogen-bond donors (Lipinski definition) is 2. The minimum atomic E-state index is -4.07. The summed E-state index contributed by atoms with van der Waals surface area (Å²) in [5.41, 5.74) is 0.545. The zero-order valence-corrected chi connectivity index (χ0v) is 18.4. The number of halogens is 2. The van der Waals surface area contributed by atoms with Crippen molar-refractivity contribution < 1.29 is 26.8 Å². The molecule has 0 aliphatic rings. The second kappa shape index (κ2) is 10.5. The Labute approximate surface area is 180 Å². The maximum Gasteiger partial charge on any atom is 0.251 e. The van der Waals surface area contributed by atoms with Crippen molar-refractivity contribution in [2.75, 3.05) is 26.2 Å². The predicted molar refractivity (Wildman–Crippen MR) is 112 cm³/mol. The smallest absolute Gasteiger partial charge is 0.251 e. The molecule has 0 spiro atoms. The lowest BCUT2D eigenvalue weighted by molar-refractivity contribution is 0.0927. The van der Waals surface area contributed by atoms with E-state index in [2.05, 4.69) is 10.6 Å². The molecule has 0 saturated heterocycles. The number of carbonyl (C=O) groups excluding carboxylic acids is 2. The average Bonchev–Trinajstić information content (AvgIpc) is 2.73. The Morgan fingerprint density at radius 3 is 1.90 bits per heavy atom. The van der Waals surface area contributed by atoms with Crippen LogP contribution in [0.2, 0.25) is 0 Å². The van der Waals surface area contributed by atoms with Crippen molar-refractivity contribution in [1.29, 1.82) is 0 Å². The summed E-state index contributed by atoms with van der Waals surface area (Å²) in [6.45, 7) is 5.28.